The van der Waals surface area contributed by atoms with Gasteiger partial charge >= 0.3 is 0 Å². The van der Waals surface area contributed by atoms with Crippen LogP contribution in [0.15, 0.2) is 42.5 Å². The molecule has 3 aromatic rings. The Kier molecular flexibility index (Phi) is 6.43. The van der Waals surface area contributed by atoms with Crippen LogP contribution in [0, 0.1) is 5.82 Å². The fourth-order valence-electron chi connectivity index (χ4n) is 3.32. The minimum absolute atomic E-state index is 0.0674. The van der Waals surface area contributed by atoms with E-state index in [-0.39, 0.29) is 11.7 Å². The lowest BCUT2D eigenvalue weighted by Gasteiger charge is -2.36. The van der Waals surface area contributed by atoms with Crippen LogP contribution in [0.5, 0.6) is 0 Å². The van der Waals surface area contributed by atoms with Gasteiger partial charge in [-0.2, -0.15) is 0 Å². The van der Waals surface area contributed by atoms with Crippen molar-refractivity contribution in [2.24, 2.45) is 0 Å². The maximum Gasteiger partial charge on any atom is 0.265 e. The number of nitrogens with one attached hydrogen (secondary N) is 1. The normalized spacial score (nSPS) is 14.2. The van der Waals surface area contributed by atoms with E-state index >= 15 is 0 Å². The first-order chi connectivity index (χ1) is 14.4. The van der Waals surface area contributed by atoms with Crippen LogP contribution in [0.25, 0.3) is 10.1 Å². The summed E-state index contributed by atoms with van der Waals surface area (Å²) in [5, 5.41) is 5.77. The number of amides is 1. The largest absolute Gasteiger partial charge is 0.358 e. The van der Waals surface area contributed by atoms with Crippen molar-refractivity contribution in [1.29, 1.82) is 0 Å². The molecule has 156 valence electrons. The molecular weight excluding hydrogens is 464 g/mol. The summed E-state index contributed by atoms with van der Waals surface area (Å²) in [6.45, 7) is 2.91. The Hall–Kier alpha value is -1.93. The fraction of sp³-hybridized carbons (Fsp3) is 0.238. The first-order valence-electron chi connectivity index (χ1n) is 9.36. The number of hydrogen-bond donors (Lipinski definition) is 1. The molecule has 4 nitrogen and oxygen atoms in total. The van der Waals surface area contributed by atoms with Crippen LogP contribution >= 0.6 is 46.8 Å². The second kappa shape index (κ2) is 9.06. The number of fused-ring (bicyclic) bond motifs is 1. The van der Waals surface area contributed by atoms with E-state index < -0.39 is 0 Å². The lowest BCUT2D eigenvalue weighted by molar-refractivity contribution is 0.0696. The number of hydrogen-bond acceptors (Lipinski definition) is 3. The monoisotopic (exact) mass is 481 g/mol. The summed E-state index contributed by atoms with van der Waals surface area (Å²) in [6.07, 6.45) is 0. The van der Waals surface area contributed by atoms with E-state index in [0.29, 0.717) is 52.8 Å². The van der Waals surface area contributed by atoms with Gasteiger partial charge in [-0.1, -0.05) is 41.4 Å². The van der Waals surface area contributed by atoms with Gasteiger partial charge in [0.15, 0.2) is 5.11 Å². The number of piperazine rings is 1. The summed E-state index contributed by atoms with van der Waals surface area (Å²) in [4.78, 5) is 17.4. The summed E-state index contributed by atoms with van der Waals surface area (Å²) >= 11 is 19.4. The molecule has 0 unspecified atom stereocenters. The second-order valence-corrected chi connectivity index (χ2v) is 9.20. The number of rotatable bonds is 3. The summed E-state index contributed by atoms with van der Waals surface area (Å²) in [7, 11) is 0. The summed E-state index contributed by atoms with van der Waals surface area (Å²) < 4.78 is 13.9. The average molecular weight is 482 g/mol. The van der Waals surface area contributed by atoms with Gasteiger partial charge in [0.25, 0.3) is 5.91 Å². The molecule has 1 aliphatic heterocycles. The predicted octanol–water partition coefficient (Wildman–Crippen LogP) is 5.18. The van der Waals surface area contributed by atoms with Crippen molar-refractivity contribution in [3.63, 3.8) is 0 Å². The van der Waals surface area contributed by atoms with Gasteiger partial charge in [-0.25, -0.2) is 4.39 Å². The summed E-state index contributed by atoms with van der Waals surface area (Å²) in [6, 6.07) is 11.8. The number of carbonyl (C=O) groups is 1. The van der Waals surface area contributed by atoms with E-state index in [4.69, 9.17) is 35.4 Å². The van der Waals surface area contributed by atoms with Crippen LogP contribution in [-0.4, -0.2) is 47.0 Å². The van der Waals surface area contributed by atoms with Crippen LogP contribution < -0.4 is 5.32 Å². The average Bonchev–Trinajstić information content (AvgIpc) is 3.08. The molecule has 1 saturated heterocycles. The molecule has 0 saturated carbocycles. The van der Waals surface area contributed by atoms with Gasteiger partial charge in [-0.15, -0.1) is 11.3 Å². The Morgan fingerprint density at radius 3 is 2.43 bits per heavy atom. The van der Waals surface area contributed by atoms with E-state index in [9.17, 15) is 9.18 Å². The molecular formula is C21H18Cl2FN3OS2. The Labute approximate surface area is 193 Å². The Balaban J connectivity index is 1.35. The molecule has 0 aliphatic carbocycles. The molecule has 9 heteroatoms. The molecule has 2 heterocycles. The SMILES string of the molecule is O=C(c1sc2cc(Cl)ccc2c1Cl)N1CCN(C(=S)NCc2ccc(F)cc2)CC1. The third-order valence-corrected chi connectivity index (χ3v) is 7.28. The van der Waals surface area contributed by atoms with Gasteiger partial charge in [0, 0.05) is 47.8 Å². The van der Waals surface area contributed by atoms with Crippen molar-refractivity contribution in [3.8, 4) is 0 Å². The van der Waals surface area contributed by atoms with Crippen molar-refractivity contribution in [1.82, 2.24) is 15.1 Å². The Bertz CT molecular complexity index is 1100. The first kappa shape index (κ1) is 21.3. The molecule has 4 rings (SSSR count). The number of carbonyl (C=O) groups excluding carboxylic acids is 1. The summed E-state index contributed by atoms with van der Waals surface area (Å²) in [5.41, 5.74) is 0.951. The highest BCUT2D eigenvalue weighted by molar-refractivity contribution is 7.80. The minimum Gasteiger partial charge on any atom is -0.358 e. The molecule has 1 amide bonds. The van der Waals surface area contributed by atoms with Gasteiger partial charge in [-0.3, -0.25) is 4.79 Å². The Morgan fingerprint density at radius 2 is 1.73 bits per heavy atom. The van der Waals surface area contributed by atoms with Crippen LogP contribution in [0.1, 0.15) is 15.2 Å². The van der Waals surface area contributed by atoms with E-state index in [1.807, 2.05) is 17.0 Å². The van der Waals surface area contributed by atoms with Gasteiger partial charge in [-0.05, 0) is 42.0 Å². The Morgan fingerprint density at radius 1 is 1.07 bits per heavy atom. The summed E-state index contributed by atoms with van der Waals surface area (Å²) in [5.74, 6) is -0.328. The van der Waals surface area contributed by atoms with Crippen molar-refractivity contribution >= 4 is 67.9 Å². The van der Waals surface area contributed by atoms with E-state index in [1.54, 1.807) is 23.1 Å². The van der Waals surface area contributed by atoms with E-state index in [1.165, 1.54) is 23.5 Å². The maximum absolute atomic E-state index is 13.0. The van der Waals surface area contributed by atoms with Gasteiger partial charge in [0.1, 0.15) is 10.7 Å². The highest BCUT2D eigenvalue weighted by Gasteiger charge is 2.27. The zero-order valence-electron chi connectivity index (χ0n) is 15.8. The van der Waals surface area contributed by atoms with Crippen molar-refractivity contribution < 1.29 is 9.18 Å². The molecule has 1 N–H and O–H groups in total. The standard InChI is InChI=1S/C21H18Cl2FN3OS2/c22-14-3-6-16-17(11-14)30-19(18(16)23)20(28)26-7-9-27(10-8-26)21(29)25-12-13-1-4-15(24)5-2-13/h1-6,11H,7-10,12H2,(H,25,29). The maximum atomic E-state index is 13.0. The lowest BCUT2D eigenvalue weighted by Crippen LogP contribution is -2.52. The number of nitrogens with zero attached hydrogens (tertiary/aromatic N) is 2. The quantitative estimate of drug-likeness (QED) is 0.522. The van der Waals surface area contributed by atoms with Crippen molar-refractivity contribution in [3.05, 3.63) is 68.8 Å². The molecule has 2 aromatic carbocycles. The molecule has 0 radical (unpaired) electrons. The predicted molar refractivity (Wildman–Crippen MR) is 125 cm³/mol. The van der Waals surface area contributed by atoms with Crippen molar-refractivity contribution in [2.45, 2.75) is 6.54 Å². The smallest absolute Gasteiger partial charge is 0.265 e. The second-order valence-electron chi connectivity index (χ2n) is 6.95. The van der Waals surface area contributed by atoms with Gasteiger partial charge < -0.3 is 15.1 Å². The first-order valence-corrected chi connectivity index (χ1v) is 11.3. The van der Waals surface area contributed by atoms with E-state index in [2.05, 4.69) is 5.32 Å². The zero-order chi connectivity index (χ0) is 21.3. The number of thiocarbonyl (C=S) groups is 1. The van der Waals surface area contributed by atoms with Gasteiger partial charge in [0.2, 0.25) is 0 Å². The highest BCUT2D eigenvalue weighted by atomic mass is 35.5. The zero-order valence-corrected chi connectivity index (χ0v) is 19.0. The third kappa shape index (κ3) is 4.54. The van der Waals surface area contributed by atoms with Crippen LogP contribution in [0.3, 0.4) is 0 Å². The molecule has 0 atom stereocenters. The van der Waals surface area contributed by atoms with Crippen LogP contribution in [0.2, 0.25) is 10.0 Å². The molecule has 1 aromatic heterocycles. The lowest BCUT2D eigenvalue weighted by atomic mass is 10.2. The van der Waals surface area contributed by atoms with Gasteiger partial charge in [0.05, 0.1) is 5.02 Å². The number of benzene rings is 2. The topological polar surface area (TPSA) is 35.6 Å². The van der Waals surface area contributed by atoms with E-state index in [0.717, 1.165) is 15.6 Å². The molecule has 30 heavy (non-hydrogen) atoms. The van der Waals surface area contributed by atoms with Crippen LogP contribution in [-0.2, 0) is 6.54 Å². The molecule has 1 fully saturated rings. The minimum atomic E-state index is -0.260. The number of halogens is 3. The molecule has 1 aliphatic rings. The van der Waals surface area contributed by atoms with Crippen molar-refractivity contribution in [2.75, 3.05) is 26.2 Å². The fourth-order valence-corrected chi connectivity index (χ4v) is 5.34. The highest BCUT2D eigenvalue weighted by Crippen LogP contribution is 2.37. The molecule has 0 spiro atoms. The number of thiophene rings is 1. The third-order valence-electron chi connectivity index (χ3n) is 5.00. The molecule has 0 bridgehead atoms. The van der Waals surface area contributed by atoms with Crippen LogP contribution in [0.4, 0.5) is 4.39 Å².